The Morgan fingerprint density at radius 3 is 0.652 bits per heavy atom. The molecule has 0 heterocycles. The lowest BCUT2D eigenvalue weighted by molar-refractivity contribution is -0.0289. The van der Waals surface area contributed by atoms with E-state index in [9.17, 15) is 0 Å². The normalized spacial score (nSPS) is 11.6. The summed E-state index contributed by atoms with van der Waals surface area (Å²) in [5.74, 6) is 0. The Kier molecular flexibility index (Phi) is 45.4. The van der Waals surface area contributed by atoms with Gasteiger partial charge in [-0.2, -0.15) is 0 Å². The molecular formula is C32H65IO13. The van der Waals surface area contributed by atoms with E-state index in [0.29, 0.717) is 165 Å². The van der Waals surface area contributed by atoms with Gasteiger partial charge in [0.15, 0.2) is 0 Å². The van der Waals surface area contributed by atoms with Crippen molar-refractivity contribution in [2.45, 2.75) is 32.6 Å². The maximum Gasteiger partial charge on any atom is 0.0701 e. The van der Waals surface area contributed by atoms with Crippen molar-refractivity contribution < 1.29 is 61.6 Å². The molecule has 0 bridgehead atoms. The lowest BCUT2D eigenvalue weighted by Gasteiger charge is -2.09. The molecule has 0 spiro atoms. The minimum atomic E-state index is 0.517. The van der Waals surface area contributed by atoms with Gasteiger partial charge in [-0.1, -0.05) is 35.4 Å². The summed E-state index contributed by atoms with van der Waals surface area (Å²) in [5.41, 5.74) is 0. The molecule has 0 aliphatic heterocycles. The fourth-order valence-electron chi connectivity index (χ4n) is 3.44. The number of ether oxygens (including phenoxy) is 13. The first-order valence-corrected chi connectivity index (χ1v) is 18.5. The number of hydrogen-bond acceptors (Lipinski definition) is 13. The van der Waals surface area contributed by atoms with E-state index in [4.69, 9.17) is 61.6 Å². The smallest absolute Gasteiger partial charge is 0.0701 e. The summed E-state index contributed by atoms with van der Waals surface area (Å²) in [4.78, 5) is 0. The van der Waals surface area contributed by atoms with Crippen LogP contribution in [0.15, 0.2) is 0 Å². The third kappa shape index (κ3) is 44.2. The Balaban J connectivity index is 3.03. The molecule has 0 aliphatic rings. The summed E-state index contributed by atoms with van der Waals surface area (Å²) in [7, 11) is 0. The number of unbranched alkanes of at least 4 members (excludes halogenated alkanes) is 3. The zero-order chi connectivity index (χ0) is 33.1. The van der Waals surface area contributed by atoms with Crippen LogP contribution in [0.5, 0.6) is 0 Å². The van der Waals surface area contributed by atoms with Gasteiger partial charge in [-0.25, -0.2) is 0 Å². The van der Waals surface area contributed by atoms with Crippen LogP contribution in [-0.4, -0.2) is 176 Å². The van der Waals surface area contributed by atoms with E-state index in [-0.39, 0.29) is 0 Å². The van der Waals surface area contributed by atoms with Crippen molar-refractivity contribution >= 4 is 22.6 Å². The summed E-state index contributed by atoms with van der Waals surface area (Å²) < 4.78 is 72.1. The van der Waals surface area contributed by atoms with E-state index in [1.54, 1.807) is 0 Å². The van der Waals surface area contributed by atoms with E-state index in [2.05, 4.69) is 22.6 Å². The lowest BCUT2D eigenvalue weighted by atomic mass is 10.2. The average Bonchev–Trinajstić information content (AvgIpc) is 3.07. The molecule has 0 unspecified atom stereocenters. The van der Waals surface area contributed by atoms with E-state index in [1.165, 1.54) is 23.7 Å². The maximum absolute atomic E-state index is 5.56. The molecule has 0 fully saturated rings. The molecule has 14 heteroatoms. The molecule has 0 aromatic rings. The van der Waals surface area contributed by atoms with Crippen LogP contribution >= 0.6 is 22.6 Å². The Morgan fingerprint density at radius 2 is 0.435 bits per heavy atom. The van der Waals surface area contributed by atoms with Gasteiger partial charge in [-0.05, 0) is 24.2 Å². The summed E-state index contributed by atoms with van der Waals surface area (Å²) in [6, 6.07) is 0. The zero-order valence-electron chi connectivity index (χ0n) is 28.6. The predicted molar refractivity (Wildman–Crippen MR) is 184 cm³/mol. The standard InChI is InChI=1S/C32H65IO13/c1-2-34-9-10-36-13-14-38-17-18-40-21-22-42-25-26-44-29-30-46-32-31-45-28-27-43-24-23-41-20-19-39-16-15-37-12-11-35-8-6-4-3-5-7-33/h2-32H2,1H3. The van der Waals surface area contributed by atoms with Gasteiger partial charge in [-0.3, -0.25) is 0 Å². The van der Waals surface area contributed by atoms with Gasteiger partial charge in [0.2, 0.25) is 0 Å². The SMILES string of the molecule is CCOCCOCCOCCOCCOCCOCCOCCOCCOCCOCCOCCOCCOCCCCCCI. The predicted octanol–water partition coefficient (Wildman–Crippen LogP) is 3.22. The third-order valence-corrected chi connectivity index (χ3v) is 6.60. The van der Waals surface area contributed by atoms with E-state index in [1.807, 2.05) is 6.92 Å². The molecule has 278 valence electrons. The first kappa shape index (κ1) is 46.2. The molecule has 0 atom stereocenters. The molecule has 0 aliphatic carbocycles. The Morgan fingerprint density at radius 1 is 0.239 bits per heavy atom. The summed E-state index contributed by atoms with van der Waals surface area (Å²) in [6.45, 7) is 16.6. The molecule has 0 aromatic heterocycles. The molecule has 0 saturated heterocycles. The van der Waals surface area contributed by atoms with Crippen molar-refractivity contribution in [1.29, 1.82) is 0 Å². The monoisotopic (exact) mass is 784 g/mol. The van der Waals surface area contributed by atoms with Crippen LogP contribution in [0.1, 0.15) is 32.6 Å². The molecule has 0 radical (unpaired) electrons. The van der Waals surface area contributed by atoms with Crippen LogP contribution in [0.4, 0.5) is 0 Å². The van der Waals surface area contributed by atoms with Gasteiger partial charge >= 0.3 is 0 Å². The van der Waals surface area contributed by atoms with E-state index >= 15 is 0 Å². The Labute approximate surface area is 292 Å². The van der Waals surface area contributed by atoms with Gasteiger partial charge in [0.05, 0.1) is 159 Å². The van der Waals surface area contributed by atoms with Crippen LogP contribution in [0.25, 0.3) is 0 Å². The fourth-order valence-corrected chi connectivity index (χ4v) is 3.97. The van der Waals surface area contributed by atoms with Crippen molar-refractivity contribution in [3.63, 3.8) is 0 Å². The second kappa shape index (κ2) is 45.2. The first-order valence-electron chi connectivity index (χ1n) is 17.0. The zero-order valence-corrected chi connectivity index (χ0v) is 30.8. The van der Waals surface area contributed by atoms with Gasteiger partial charge < -0.3 is 61.6 Å². The average molecular weight is 785 g/mol. The highest BCUT2D eigenvalue weighted by Crippen LogP contribution is 2.02. The van der Waals surface area contributed by atoms with Crippen LogP contribution in [-0.2, 0) is 61.6 Å². The van der Waals surface area contributed by atoms with Gasteiger partial charge in [-0.15, -0.1) is 0 Å². The van der Waals surface area contributed by atoms with E-state index < -0.39 is 0 Å². The van der Waals surface area contributed by atoms with E-state index in [0.717, 1.165) is 13.0 Å². The number of hydrogen-bond donors (Lipinski definition) is 0. The van der Waals surface area contributed by atoms with Crippen molar-refractivity contribution in [3.05, 3.63) is 0 Å². The maximum atomic E-state index is 5.56. The summed E-state index contributed by atoms with van der Waals surface area (Å²) in [6.07, 6.45) is 4.98. The van der Waals surface area contributed by atoms with Crippen LogP contribution in [0, 0.1) is 0 Å². The molecule has 0 amide bonds. The third-order valence-electron chi connectivity index (χ3n) is 5.84. The lowest BCUT2D eigenvalue weighted by Crippen LogP contribution is -2.15. The van der Waals surface area contributed by atoms with Gasteiger partial charge in [0, 0.05) is 13.2 Å². The van der Waals surface area contributed by atoms with Crippen molar-refractivity contribution in [3.8, 4) is 0 Å². The van der Waals surface area contributed by atoms with Crippen LogP contribution in [0.2, 0.25) is 0 Å². The number of rotatable bonds is 43. The molecule has 0 aromatic carbocycles. The molecular weight excluding hydrogens is 719 g/mol. The molecule has 46 heavy (non-hydrogen) atoms. The number of alkyl halides is 1. The molecule has 13 nitrogen and oxygen atoms in total. The number of halogens is 1. The van der Waals surface area contributed by atoms with Crippen LogP contribution in [0.3, 0.4) is 0 Å². The topological polar surface area (TPSA) is 120 Å². The Hall–Kier alpha value is 0.210. The highest BCUT2D eigenvalue weighted by molar-refractivity contribution is 14.1. The molecule has 0 saturated carbocycles. The quantitative estimate of drug-likeness (QED) is 0.0512. The second-order valence-corrected chi connectivity index (χ2v) is 10.7. The van der Waals surface area contributed by atoms with Crippen LogP contribution < -0.4 is 0 Å². The largest absolute Gasteiger partial charge is 0.379 e. The Bertz CT molecular complexity index is 482. The van der Waals surface area contributed by atoms with Crippen molar-refractivity contribution in [1.82, 2.24) is 0 Å². The second-order valence-electron chi connectivity index (χ2n) is 9.65. The van der Waals surface area contributed by atoms with Crippen molar-refractivity contribution in [2.75, 3.05) is 176 Å². The highest BCUT2D eigenvalue weighted by Gasteiger charge is 1.97. The first-order chi connectivity index (χ1) is 22.9. The van der Waals surface area contributed by atoms with Gasteiger partial charge in [0.1, 0.15) is 0 Å². The summed E-state index contributed by atoms with van der Waals surface area (Å²) >= 11 is 2.42. The minimum absolute atomic E-state index is 0.517. The summed E-state index contributed by atoms with van der Waals surface area (Å²) in [5, 5.41) is 0. The molecule has 0 N–H and O–H groups in total. The van der Waals surface area contributed by atoms with Gasteiger partial charge in [0.25, 0.3) is 0 Å². The highest BCUT2D eigenvalue weighted by atomic mass is 127. The minimum Gasteiger partial charge on any atom is -0.379 e. The van der Waals surface area contributed by atoms with Crippen molar-refractivity contribution in [2.24, 2.45) is 0 Å². The molecule has 0 rings (SSSR count). The fraction of sp³-hybridized carbons (Fsp3) is 1.00.